The molecule has 2 saturated carbocycles. The summed E-state index contributed by atoms with van der Waals surface area (Å²) in [6.45, 7) is 3.30. The van der Waals surface area contributed by atoms with Crippen LogP contribution < -0.4 is 5.73 Å². The highest BCUT2D eigenvalue weighted by Crippen LogP contribution is 2.55. The standard InChI is InChI=1S/C12H23N/c1-2-10-6-7-11-5-3-4-8-12(10,11)9-13/h10-11H,2-9,13H2,1H3. The van der Waals surface area contributed by atoms with E-state index in [9.17, 15) is 0 Å². The van der Waals surface area contributed by atoms with Crippen molar-refractivity contribution in [2.24, 2.45) is 23.0 Å². The summed E-state index contributed by atoms with van der Waals surface area (Å²) in [4.78, 5) is 0. The molecule has 0 aliphatic heterocycles. The molecule has 3 atom stereocenters. The summed E-state index contributed by atoms with van der Waals surface area (Å²) in [5, 5.41) is 0. The van der Waals surface area contributed by atoms with E-state index in [0.717, 1.165) is 18.4 Å². The molecule has 0 bridgehead atoms. The number of hydrogen-bond donors (Lipinski definition) is 1. The van der Waals surface area contributed by atoms with Gasteiger partial charge in [0.15, 0.2) is 0 Å². The molecule has 2 rings (SSSR count). The second-order valence-electron chi connectivity index (χ2n) is 5.06. The maximum absolute atomic E-state index is 6.05. The second kappa shape index (κ2) is 3.61. The lowest BCUT2D eigenvalue weighted by Gasteiger charge is -2.43. The predicted octanol–water partition coefficient (Wildman–Crippen LogP) is 2.94. The average Bonchev–Trinajstić information content (AvgIpc) is 2.56. The minimum absolute atomic E-state index is 0.576. The number of hydrogen-bond acceptors (Lipinski definition) is 1. The SMILES string of the molecule is CCC1CCC2CCCCC12CN. The molecule has 0 aromatic heterocycles. The molecule has 0 radical (unpaired) electrons. The van der Waals surface area contributed by atoms with Gasteiger partial charge in [0.05, 0.1) is 0 Å². The second-order valence-corrected chi connectivity index (χ2v) is 5.06. The summed E-state index contributed by atoms with van der Waals surface area (Å²) < 4.78 is 0. The molecular weight excluding hydrogens is 158 g/mol. The average molecular weight is 181 g/mol. The number of rotatable bonds is 2. The monoisotopic (exact) mass is 181 g/mol. The van der Waals surface area contributed by atoms with Gasteiger partial charge in [-0.15, -0.1) is 0 Å². The van der Waals surface area contributed by atoms with Crippen molar-refractivity contribution in [3.8, 4) is 0 Å². The van der Waals surface area contributed by atoms with E-state index in [0.29, 0.717) is 5.41 Å². The van der Waals surface area contributed by atoms with Gasteiger partial charge in [0, 0.05) is 0 Å². The first-order valence-electron chi connectivity index (χ1n) is 6.03. The molecule has 1 nitrogen and oxygen atoms in total. The van der Waals surface area contributed by atoms with Crippen molar-refractivity contribution < 1.29 is 0 Å². The van der Waals surface area contributed by atoms with Crippen molar-refractivity contribution in [2.75, 3.05) is 6.54 Å². The van der Waals surface area contributed by atoms with Gasteiger partial charge in [0.2, 0.25) is 0 Å². The Hall–Kier alpha value is -0.0400. The lowest BCUT2D eigenvalue weighted by Crippen LogP contribution is -2.41. The van der Waals surface area contributed by atoms with Gasteiger partial charge < -0.3 is 5.73 Å². The molecule has 0 amide bonds. The van der Waals surface area contributed by atoms with Crippen LogP contribution >= 0.6 is 0 Å². The van der Waals surface area contributed by atoms with Crippen molar-refractivity contribution in [1.82, 2.24) is 0 Å². The molecule has 2 aliphatic carbocycles. The molecule has 76 valence electrons. The molecular formula is C12H23N. The summed E-state index contributed by atoms with van der Waals surface area (Å²) in [5.74, 6) is 1.93. The van der Waals surface area contributed by atoms with Crippen molar-refractivity contribution in [3.05, 3.63) is 0 Å². The van der Waals surface area contributed by atoms with Crippen molar-refractivity contribution in [2.45, 2.75) is 51.9 Å². The van der Waals surface area contributed by atoms with Crippen molar-refractivity contribution in [1.29, 1.82) is 0 Å². The maximum Gasteiger partial charge on any atom is -0.00152 e. The number of nitrogens with two attached hydrogens (primary N) is 1. The molecule has 0 aromatic rings. The van der Waals surface area contributed by atoms with Gasteiger partial charge in [0.1, 0.15) is 0 Å². The van der Waals surface area contributed by atoms with Gasteiger partial charge in [-0.05, 0) is 49.5 Å². The van der Waals surface area contributed by atoms with E-state index >= 15 is 0 Å². The van der Waals surface area contributed by atoms with Crippen LogP contribution in [0.4, 0.5) is 0 Å². The Morgan fingerprint density at radius 3 is 2.77 bits per heavy atom. The quantitative estimate of drug-likeness (QED) is 0.696. The topological polar surface area (TPSA) is 26.0 Å². The van der Waals surface area contributed by atoms with E-state index < -0.39 is 0 Å². The van der Waals surface area contributed by atoms with Gasteiger partial charge in [-0.2, -0.15) is 0 Å². The fourth-order valence-corrected chi connectivity index (χ4v) is 4.04. The summed E-state index contributed by atoms with van der Waals surface area (Å²) in [6.07, 6.45) is 10.1. The van der Waals surface area contributed by atoms with Gasteiger partial charge in [-0.25, -0.2) is 0 Å². The van der Waals surface area contributed by atoms with E-state index in [1.54, 1.807) is 0 Å². The Labute approximate surface area is 82.1 Å². The zero-order chi connectivity index (χ0) is 9.31. The minimum Gasteiger partial charge on any atom is -0.330 e. The van der Waals surface area contributed by atoms with Crippen molar-refractivity contribution >= 4 is 0 Å². The van der Waals surface area contributed by atoms with Crippen LogP contribution in [0.3, 0.4) is 0 Å². The molecule has 2 fully saturated rings. The highest BCUT2D eigenvalue weighted by atomic mass is 14.7. The zero-order valence-corrected chi connectivity index (χ0v) is 8.89. The Morgan fingerprint density at radius 1 is 1.23 bits per heavy atom. The van der Waals surface area contributed by atoms with E-state index in [4.69, 9.17) is 5.73 Å². The molecule has 0 saturated heterocycles. The first-order valence-corrected chi connectivity index (χ1v) is 6.03. The molecule has 0 aromatic carbocycles. The van der Waals surface area contributed by atoms with Crippen LogP contribution in [0.5, 0.6) is 0 Å². The molecule has 13 heavy (non-hydrogen) atoms. The maximum atomic E-state index is 6.05. The van der Waals surface area contributed by atoms with Crippen LogP contribution in [0.25, 0.3) is 0 Å². The zero-order valence-electron chi connectivity index (χ0n) is 8.89. The predicted molar refractivity (Wildman–Crippen MR) is 56.5 cm³/mol. The van der Waals surface area contributed by atoms with Crippen LogP contribution in [0.1, 0.15) is 51.9 Å². The first-order chi connectivity index (χ1) is 6.33. The molecule has 0 spiro atoms. The lowest BCUT2D eigenvalue weighted by molar-refractivity contribution is 0.0846. The highest BCUT2D eigenvalue weighted by molar-refractivity contribution is 4.99. The minimum atomic E-state index is 0.576. The van der Waals surface area contributed by atoms with Crippen LogP contribution in [-0.4, -0.2) is 6.54 Å². The fraction of sp³-hybridized carbons (Fsp3) is 1.00. The Bertz CT molecular complexity index is 170. The molecule has 3 unspecified atom stereocenters. The van der Waals surface area contributed by atoms with E-state index in [2.05, 4.69) is 6.92 Å². The summed E-state index contributed by atoms with van der Waals surface area (Å²) in [6, 6.07) is 0. The first kappa shape index (κ1) is 9.51. The third-order valence-corrected chi connectivity index (χ3v) is 4.81. The van der Waals surface area contributed by atoms with E-state index in [-0.39, 0.29) is 0 Å². The third-order valence-electron chi connectivity index (χ3n) is 4.81. The Balaban J connectivity index is 2.18. The highest BCUT2D eigenvalue weighted by Gasteiger charge is 2.48. The molecule has 2 aliphatic rings. The smallest absolute Gasteiger partial charge is 0.00152 e. The van der Waals surface area contributed by atoms with Gasteiger partial charge in [0.25, 0.3) is 0 Å². The van der Waals surface area contributed by atoms with Gasteiger partial charge in [-0.1, -0.05) is 26.2 Å². The lowest BCUT2D eigenvalue weighted by atomic mass is 9.63. The Kier molecular flexibility index (Phi) is 2.64. The Morgan fingerprint density at radius 2 is 2.08 bits per heavy atom. The van der Waals surface area contributed by atoms with Crippen molar-refractivity contribution in [3.63, 3.8) is 0 Å². The molecule has 1 heteroatoms. The summed E-state index contributed by atoms with van der Waals surface area (Å²) in [5.41, 5.74) is 6.62. The number of fused-ring (bicyclic) bond motifs is 1. The summed E-state index contributed by atoms with van der Waals surface area (Å²) >= 11 is 0. The third kappa shape index (κ3) is 1.32. The van der Waals surface area contributed by atoms with Gasteiger partial charge >= 0.3 is 0 Å². The van der Waals surface area contributed by atoms with Crippen LogP contribution in [0.15, 0.2) is 0 Å². The molecule has 0 heterocycles. The fourth-order valence-electron chi connectivity index (χ4n) is 4.04. The van der Waals surface area contributed by atoms with E-state index in [1.165, 1.54) is 44.9 Å². The largest absolute Gasteiger partial charge is 0.330 e. The van der Waals surface area contributed by atoms with Crippen LogP contribution in [0.2, 0.25) is 0 Å². The molecule has 2 N–H and O–H groups in total. The van der Waals surface area contributed by atoms with Crippen LogP contribution in [0, 0.1) is 17.3 Å². The van der Waals surface area contributed by atoms with Gasteiger partial charge in [-0.3, -0.25) is 0 Å². The normalized spacial score (nSPS) is 44.8. The van der Waals surface area contributed by atoms with E-state index in [1.807, 2.05) is 0 Å². The van der Waals surface area contributed by atoms with Crippen LogP contribution in [-0.2, 0) is 0 Å². The summed E-state index contributed by atoms with van der Waals surface area (Å²) in [7, 11) is 0.